The third-order valence-electron chi connectivity index (χ3n) is 1.83. The molecule has 0 fully saturated rings. The van der Waals surface area contributed by atoms with Gasteiger partial charge in [-0.2, -0.15) is 5.26 Å². The molecule has 0 saturated carbocycles. The maximum absolute atomic E-state index is 10.1. The predicted octanol–water partition coefficient (Wildman–Crippen LogP) is 1.27. The highest BCUT2D eigenvalue weighted by atomic mass is 16.1. The van der Waals surface area contributed by atoms with Gasteiger partial charge in [-0.1, -0.05) is 12.1 Å². The molecule has 3 heteroatoms. The van der Waals surface area contributed by atoms with E-state index in [9.17, 15) is 4.79 Å². The zero-order valence-corrected chi connectivity index (χ0v) is 7.16. The van der Waals surface area contributed by atoms with E-state index in [-0.39, 0.29) is 0 Å². The maximum atomic E-state index is 10.1. The molecule has 13 heavy (non-hydrogen) atoms. The molecule has 0 spiro atoms. The molecular weight excluding hydrogens is 164 g/mol. The van der Waals surface area contributed by atoms with Gasteiger partial charge in [-0.15, -0.1) is 0 Å². The second-order valence-electron chi connectivity index (χ2n) is 2.70. The van der Waals surface area contributed by atoms with E-state index >= 15 is 0 Å². The molecule has 66 valence electrons. The van der Waals surface area contributed by atoms with Crippen LogP contribution < -0.4 is 5.73 Å². The molecule has 1 aromatic carbocycles. The molecule has 0 radical (unpaired) electrons. The van der Waals surface area contributed by atoms with Gasteiger partial charge in [0.2, 0.25) is 0 Å². The van der Waals surface area contributed by atoms with Crippen LogP contribution in [0.2, 0.25) is 0 Å². The summed E-state index contributed by atoms with van der Waals surface area (Å²) in [5.41, 5.74) is 7.40. The molecule has 3 nitrogen and oxygen atoms in total. The lowest BCUT2D eigenvalue weighted by molar-refractivity contribution is -0.107. The molecule has 2 N–H and O–H groups in total. The van der Waals surface area contributed by atoms with Crippen LogP contribution in [0.1, 0.15) is 17.5 Å². The molecular formula is C10H10N2O. The topological polar surface area (TPSA) is 66.9 Å². The van der Waals surface area contributed by atoms with Crippen molar-refractivity contribution in [3.05, 3.63) is 29.3 Å². The number of carbonyl (C=O) groups excluding carboxylic acids is 1. The number of aryl methyl sites for hydroxylation is 1. The predicted molar refractivity (Wildman–Crippen MR) is 50.0 cm³/mol. The van der Waals surface area contributed by atoms with Gasteiger partial charge in [0.25, 0.3) is 0 Å². The highest BCUT2D eigenvalue weighted by Crippen LogP contribution is 2.16. The van der Waals surface area contributed by atoms with E-state index < -0.39 is 0 Å². The second kappa shape index (κ2) is 4.27. The summed E-state index contributed by atoms with van der Waals surface area (Å²) < 4.78 is 0. The zero-order valence-electron chi connectivity index (χ0n) is 7.16. The first-order chi connectivity index (χ1) is 6.29. The summed E-state index contributed by atoms with van der Waals surface area (Å²) in [5.74, 6) is 0. The molecule has 0 atom stereocenters. The molecule has 0 aliphatic carbocycles. The lowest BCUT2D eigenvalue weighted by Crippen LogP contribution is -1.96. The van der Waals surface area contributed by atoms with Crippen molar-refractivity contribution in [3.63, 3.8) is 0 Å². The molecule has 0 unspecified atom stereocenters. The summed E-state index contributed by atoms with van der Waals surface area (Å²) in [6, 6.07) is 7.32. The van der Waals surface area contributed by atoms with Gasteiger partial charge in [-0.3, -0.25) is 0 Å². The van der Waals surface area contributed by atoms with Crippen LogP contribution >= 0.6 is 0 Å². The number of aldehydes is 1. The van der Waals surface area contributed by atoms with Crippen LogP contribution in [0.15, 0.2) is 18.2 Å². The molecule has 0 heterocycles. The Kier molecular flexibility index (Phi) is 3.04. The van der Waals surface area contributed by atoms with Crippen LogP contribution in [0.3, 0.4) is 0 Å². The van der Waals surface area contributed by atoms with Crippen LogP contribution in [0.4, 0.5) is 5.69 Å². The van der Waals surface area contributed by atoms with Gasteiger partial charge in [0, 0.05) is 12.1 Å². The van der Waals surface area contributed by atoms with Crippen molar-refractivity contribution in [2.75, 3.05) is 5.73 Å². The number of nitrogens with zero attached hydrogens (tertiary/aromatic N) is 1. The minimum absolute atomic E-state index is 0.429. The third kappa shape index (κ3) is 2.06. The Hall–Kier alpha value is -1.82. The van der Waals surface area contributed by atoms with Gasteiger partial charge in [0.15, 0.2) is 0 Å². The molecule has 1 aromatic rings. The fourth-order valence-electron chi connectivity index (χ4n) is 1.18. The summed E-state index contributed by atoms with van der Waals surface area (Å²) >= 11 is 0. The molecule has 0 amide bonds. The van der Waals surface area contributed by atoms with Crippen LogP contribution in [-0.2, 0) is 11.2 Å². The van der Waals surface area contributed by atoms with Crippen molar-refractivity contribution in [1.82, 2.24) is 0 Å². The van der Waals surface area contributed by atoms with E-state index in [1.54, 1.807) is 12.1 Å². The number of anilines is 1. The first-order valence-electron chi connectivity index (χ1n) is 4.00. The van der Waals surface area contributed by atoms with Crippen LogP contribution in [0.5, 0.6) is 0 Å². The van der Waals surface area contributed by atoms with E-state index in [2.05, 4.69) is 0 Å². The average molecular weight is 174 g/mol. The molecule has 0 aliphatic rings. The maximum Gasteiger partial charge on any atom is 0.120 e. The van der Waals surface area contributed by atoms with Gasteiger partial charge in [-0.25, -0.2) is 0 Å². The van der Waals surface area contributed by atoms with Crippen molar-refractivity contribution in [1.29, 1.82) is 5.26 Å². The highest BCUT2D eigenvalue weighted by molar-refractivity contribution is 5.59. The average Bonchev–Trinajstić information content (AvgIpc) is 2.15. The summed E-state index contributed by atoms with van der Waals surface area (Å²) in [4.78, 5) is 10.1. The van der Waals surface area contributed by atoms with Gasteiger partial charge in [-0.05, 0) is 18.1 Å². The van der Waals surface area contributed by atoms with E-state index in [1.807, 2.05) is 12.1 Å². The third-order valence-corrected chi connectivity index (χ3v) is 1.83. The Bertz CT molecular complexity index is 352. The Labute approximate surface area is 76.8 Å². The van der Waals surface area contributed by atoms with Crippen molar-refractivity contribution >= 4 is 12.0 Å². The quantitative estimate of drug-likeness (QED) is 0.554. The summed E-state index contributed by atoms with van der Waals surface area (Å²) in [7, 11) is 0. The number of hydrogen-bond acceptors (Lipinski definition) is 3. The first-order valence-corrected chi connectivity index (χ1v) is 4.00. The Morgan fingerprint density at radius 2 is 2.31 bits per heavy atom. The number of rotatable bonds is 3. The van der Waals surface area contributed by atoms with E-state index in [0.29, 0.717) is 24.1 Å². The Morgan fingerprint density at radius 3 is 2.92 bits per heavy atom. The summed E-state index contributed by atoms with van der Waals surface area (Å²) in [6.07, 6.45) is 1.85. The van der Waals surface area contributed by atoms with E-state index in [1.165, 1.54) is 0 Å². The summed E-state index contributed by atoms with van der Waals surface area (Å²) in [6.45, 7) is 0. The minimum atomic E-state index is 0.429. The first kappa shape index (κ1) is 9.27. The van der Waals surface area contributed by atoms with Crippen LogP contribution in [-0.4, -0.2) is 6.29 Å². The fourth-order valence-corrected chi connectivity index (χ4v) is 1.18. The zero-order chi connectivity index (χ0) is 9.68. The minimum Gasteiger partial charge on any atom is -0.398 e. The van der Waals surface area contributed by atoms with Gasteiger partial charge >= 0.3 is 0 Å². The monoisotopic (exact) mass is 174 g/mol. The number of carbonyl (C=O) groups is 1. The Balaban J connectivity index is 3.00. The molecule has 0 aliphatic heterocycles. The number of benzene rings is 1. The van der Waals surface area contributed by atoms with Crippen molar-refractivity contribution < 1.29 is 4.79 Å². The number of nitrogens with two attached hydrogens (primary N) is 1. The highest BCUT2D eigenvalue weighted by Gasteiger charge is 2.03. The molecule has 0 aromatic heterocycles. The SMILES string of the molecule is N#Cc1c(N)cccc1CCC=O. The molecule has 0 bridgehead atoms. The largest absolute Gasteiger partial charge is 0.398 e. The van der Waals surface area contributed by atoms with E-state index in [4.69, 9.17) is 11.0 Å². The number of nitrogen functional groups attached to an aromatic ring is 1. The van der Waals surface area contributed by atoms with E-state index in [0.717, 1.165) is 11.8 Å². The van der Waals surface area contributed by atoms with Gasteiger partial charge in [0.1, 0.15) is 12.4 Å². The standard InChI is InChI=1S/C10H10N2O/c11-7-9-8(4-2-6-13)3-1-5-10(9)12/h1,3,5-6H,2,4,12H2. The summed E-state index contributed by atoms with van der Waals surface area (Å²) in [5, 5.41) is 8.78. The van der Waals surface area contributed by atoms with Crippen molar-refractivity contribution in [3.8, 4) is 6.07 Å². The normalized spacial score (nSPS) is 9.15. The molecule has 0 saturated heterocycles. The number of nitriles is 1. The van der Waals surface area contributed by atoms with Gasteiger partial charge in [0.05, 0.1) is 5.56 Å². The van der Waals surface area contributed by atoms with Crippen molar-refractivity contribution in [2.24, 2.45) is 0 Å². The van der Waals surface area contributed by atoms with Crippen LogP contribution in [0, 0.1) is 11.3 Å². The van der Waals surface area contributed by atoms with Gasteiger partial charge < -0.3 is 10.5 Å². The lowest BCUT2D eigenvalue weighted by Gasteiger charge is -2.03. The molecule has 1 rings (SSSR count). The smallest absolute Gasteiger partial charge is 0.120 e. The second-order valence-corrected chi connectivity index (χ2v) is 2.70. The fraction of sp³-hybridized carbons (Fsp3) is 0.200. The van der Waals surface area contributed by atoms with Crippen LogP contribution in [0.25, 0.3) is 0 Å². The Morgan fingerprint density at radius 1 is 1.54 bits per heavy atom. The number of hydrogen-bond donors (Lipinski definition) is 1. The van der Waals surface area contributed by atoms with Crippen molar-refractivity contribution in [2.45, 2.75) is 12.8 Å². The lowest BCUT2D eigenvalue weighted by atomic mass is 10.0.